The molecule has 22 aromatic rings. The maximum atomic E-state index is 14.7. The van der Waals surface area contributed by atoms with Crippen LogP contribution in [-0.4, -0.2) is 98.5 Å². The molecule has 10 heterocycles. The predicted octanol–water partition coefficient (Wildman–Crippen LogP) is 10.9. The summed E-state index contributed by atoms with van der Waals surface area (Å²) >= 11 is 0.725. The minimum Gasteiger partial charge on any atom is -0.282 e. The summed E-state index contributed by atoms with van der Waals surface area (Å²) in [5, 5.41) is 23.4. The van der Waals surface area contributed by atoms with Crippen LogP contribution in [0.1, 0.15) is 0 Å². The number of hydrogen-bond acceptors (Lipinski definition) is 22. The van der Waals surface area contributed by atoms with E-state index in [1.165, 1.54) is 72.2 Å². The molecule has 0 radical (unpaired) electrons. The van der Waals surface area contributed by atoms with Crippen molar-refractivity contribution in [1.29, 1.82) is 0 Å². The van der Waals surface area contributed by atoms with Crippen molar-refractivity contribution in [2.24, 2.45) is 0 Å². The number of pyridine rings is 4. The maximum absolute atomic E-state index is 14.7. The molecule has 8 aromatic heterocycles. The van der Waals surface area contributed by atoms with Gasteiger partial charge in [0.2, 0.25) is 19.7 Å². The highest BCUT2D eigenvalue weighted by Crippen LogP contribution is 2.57. The lowest BCUT2D eigenvalue weighted by Crippen LogP contribution is -2.14. The van der Waals surface area contributed by atoms with Crippen molar-refractivity contribution in [3.63, 3.8) is 0 Å². The van der Waals surface area contributed by atoms with Gasteiger partial charge in [-0.25, -0.2) is 42.0 Å². The quantitative estimate of drug-likeness (QED) is 0.0300. The summed E-state index contributed by atoms with van der Waals surface area (Å²) in [5.41, 5.74) is 0.828. The van der Waals surface area contributed by atoms with E-state index in [0.29, 0.717) is 135 Å². The lowest BCUT2D eigenvalue weighted by atomic mass is 9.86. The fourth-order valence-electron chi connectivity index (χ4n) is 17.4. The van der Waals surface area contributed by atoms with Crippen LogP contribution in [0.25, 0.3) is 196 Å². The van der Waals surface area contributed by atoms with Gasteiger partial charge in [-0.15, -0.1) is 4.33 Å². The zero-order chi connectivity index (χ0) is 72.4. The Kier molecular flexibility index (Phi) is 10.7. The van der Waals surface area contributed by atoms with Gasteiger partial charge in [-0.2, -0.15) is 25.3 Å². The van der Waals surface area contributed by atoms with Crippen LogP contribution in [0.3, 0.4) is 0 Å². The van der Waals surface area contributed by atoms with E-state index in [1.807, 2.05) is 6.07 Å². The van der Waals surface area contributed by atoms with E-state index in [4.69, 9.17) is 10.2 Å². The van der Waals surface area contributed by atoms with Gasteiger partial charge in [-0.3, -0.25) is 50.4 Å². The Balaban J connectivity index is 0.000000129. The molecular weight excluding hydrogens is 1490 g/mol. The van der Waals surface area contributed by atoms with Crippen LogP contribution >= 0.6 is 12.0 Å². The number of benzene rings is 14. The Labute approximate surface area is 588 Å². The second-order valence-electron chi connectivity index (χ2n) is 26.4. The van der Waals surface area contributed by atoms with Gasteiger partial charge in [0.25, 0.3) is 52.6 Å². The lowest BCUT2D eigenvalue weighted by Gasteiger charge is -2.17. The summed E-state index contributed by atoms with van der Waals surface area (Å²) in [6, 6.07) is 36.0. The summed E-state index contributed by atoms with van der Waals surface area (Å²) < 4.78 is 170. The van der Waals surface area contributed by atoms with Gasteiger partial charge >= 0.3 is 0 Å². The number of rotatable bonds is 6. The highest BCUT2D eigenvalue weighted by atomic mass is 32.2. The van der Waals surface area contributed by atoms with Gasteiger partial charge in [0.15, 0.2) is 0 Å². The van der Waals surface area contributed by atoms with Crippen LogP contribution in [0.2, 0.25) is 0 Å². The molecule has 106 heavy (non-hydrogen) atoms. The Bertz CT molecular complexity index is 8870. The molecule has 28 nitrogen and oxygen atoms in total. The molecule has 2 aliphatic rings. The first-order valence-electron chi connectivity index (χ1n) is 31.6. The molecule has 512 valence electrons. The molecule has 24 rings (SSSR count). The van der Waals surface area contributed by atoms with E-state index in [9.17, 15) is 74.9 Å². The van der Waals surface area contributed by atoms with Crippen LogP contribution in [0.15, 0.2) is 204 Å². The monoisotopic (exact) mass is 1520 g/mol. The van der Waals surface area contributed by atoms with E-state index in [2.05, 4.69) is 24.3 Å². The first-order valence-corrected chi connectivity index (χ1v) is 39.6. The standard InChI is InChI=1S/2C36H14N4O10S3/c41-35-18-6-4-16-15-3-5-17-27-20(36(42)40-24-10-14(53(46,47)48)2-8-22(24)37-33(17)40)12-26-32(29(15)27)31-25(52(26,44)45)11-19(28(18)30(16)31)34-38-21-7-1-13(51-50-49-43)9-23(21)39(34)35;41-35-19-11-25-31-29-15(3-5-17(27(19)29)33-37-21-7-1-13(52(45,46)47)9-23(21)39(33)35)16-4-6-18-28-20(12-26(51(25,43)44)32(31)30(16)28)36(42)40-24-10-14(53(48,49)50)2-8-22(24)38-34(18)40/h1-12,43H,(H,46,47,48);1-12H,(H,45,46,47)(H,48,49,50). The molecule has 14 aromatic carbocycles. The second kappa shape index (κ2) is 18.8. The minimum atomic E-state index is -4.63. The molecular formula is C72H28N8O20S6. The zero-order valence-corrected chi connectivity index (χ0v) is 57.1. The van der Waals surface area contributed by atoms with E-state index < -0.39 is 81.4 Å². The third-order valence-electron chi connectivity index (χ3n) is 21.5. The van der Waals surface area contributed by atoms with Crippen molar-refractivity contribution < 1.29 is 70.4 Å². The van der Waals surface area contributed by atoms with Crippen LogP contribution in [0.5, 0.6) is 0 Å². The molecule has 0 amide bonds. The summed E-state index contributed by atoms with van der Waals surface area (Å²) in [6.07, 6.45) is 0. The van der Waals surface area contributed by atoms with Crippen LogP contribution in [0.4, 0.5) is 0 Å². The van der Waals surface area contributed by atoms with Crippen LogP contribution < -0.4 is 22.2 Å². The minimum absolute atomic E-state index is 0.0215. The van der Waals surface area contributed by atoms with E-state index in [1.54, 1.807) is 66.7 Å². The molecule has 0 aliphatic carbocycles. The third kappa shape index (κ3) is 7.01. The Morgan fingerprint density at radius 3 is 0.915 bits per heavy atom. The fourth-order valence-corrected chi connectivity index (χ4v) is 22.7. The number of nitrogens with zero attached hydrogens (tertiary/aromatic N) is 8. The normalized spacial score (nSPS) is 14.8. The van der Waals surface area contributed by atoms with E-state index >= 15 is 0 Å². The average molecular weight is 1520 g/mol. The molecule has 0 atom stereocenters. The van der Waals surface area contributed by atoms with Gasteiger partial charge in [-0.05, 0) is 143 Å². The molecule has 0 spiro atoms. The zero-order valence-electron chi connectivity index (χ0n) is 52.2. The van der Waals surface area contributed by atoms with E-state index in [0.717, 1.165) is 30.2 Å². The van der Waals surface area contributed by atoms with Gasteiger partial charge < -0.3 is 0 Å². The number of fused-ring (bicyclic) bond motifs is 18. The highest BCUT2D eigenvalue weighted by molar-refractivity contribution is 7.94. The van der Waals surface area contributed by atoms with Crippen molar-refractivity contribution in [1.82, 2.24) is 37.5 Å². The number of aromatic nitrogens is 8. The number of imidazole rings is 4. The van der Waals surface area contributed by atoms with Crippen molar-refractivity contribution in [2.45, 2.75) is 39.2 Å². The highest BCUT2D eigenvalue weighted by Gasteiger charge is 2.40. The van der Waals surface area contributed by atoms with Crippen LogP contribution in [-0.2, 0) is 59.4 Å². The summed E-state index contributed by atoms with van der Waals surface area (Å²) in [6.45, 7) is 0. The molecule has 0 bridgehead atoms. The summed E-state index contributed by atoms with van der Waals surface area (Å²) in [5.74, 6) is 0. The molecule has 2 aliphatic heterocycles. The van der Waals surface area contributed by atoms with Crippen molar-refractivity contribution in [3.05, 3.63) is 187 Å². The largest absolute Gasteiger partial charge is 0.294 e. The topological polar surface area (TPSA) is 408 Å². The predicted molar refractivity (Wildman–Crippen MR) is 391 cm³/mol. The van der Waals surface area contributed by atoms with Crippen LogP contribution in [0, 0.1) is 0 Å². The Hall–Kier alpha value is -11.9. The molecule has 0 saturated carbocycles. The van der Waals surface area contributed by atoms with Crippen molar-refractivity contribution in [2.75, 3.05) is 0 Å². The van der Waals surface area contributed by atoms with Crippen molar-refractivity contribution in [3.8, 4) is 0 Å². The van der Waals surface area contributed by atoms with Gasteiger partial charge in [0.1, 0.15) is 22.6 Å². The molecule has 34 heteroatoms. The first-order chi connectivity index (χ1) is 50.6. The smallest absolute Gasteiger partial charge is 0.282 e. The summed E-state index contributed by atoms with van der Waals surface area (Å²) in [4.78, 5) is 75.4. The third-order valence-corrected chi connectivity index (χ3v) is 28.2. The maximum Gasteiger partial charge on any atom is 0.294 e. The lowest BCUT2D eigenvalue weighted by molar-refractivity contribution is -0.432. The van der Waals surface area contributed by atoms with Gasteiger partial charge in [0, 0.05) is 96.5 Å². The number of hydrogen-bond donors (Lipinski definition) is 4. The molecule has 0 saturated heterocycles. The second-order valence-corrected chi connectivity index (χ2v) is 35.2. The molecule has 0 unspecified atom stereocenters. The van der Waals surface area contributed by atoms with E-state index in [-0.39, 0.29) is 91.5 Å². The Morgan fingerprint density at radius 1 is 0.311 bits per heavy atom. The SMILES string of the molecule is O=c1c2cc3c4c5c(cc6c(=O)n7c8cc(S(=O)(=O)O)ccc8nc7c7ccc(c8ccc(c2c84)c2nc4ccc(S(=O)(=O)O)cc4n12)c5c67)S3(=O)=O.O=c1c2ccc3c4ccc5c6c(cc7c(c8c(cc(c2c38)c2nc3ccc(SOOO)cc3n12)S7(=O)=O)c46)c(=O)n1c2cc(S(=O)(=O)O)ccc2nc51. The first kappa shape index (κ1) is 60.5. The Morgan fingerprint density at radius 2 is 0.585 bits per heavy atom. The number of sulfone groups is 2. The van der Waals surface area contributed by atoms with Gasteiger partial charge in [0.05, 0.1) is 107 Å². The molecule has 0 fully saturated rings. The average Bonchev–Trinajstić information content (AvgIpc) is 1.46. The van der Waals surface area contributed by atoms with Gasteiger partial charge in [-0.1, -0.05) is 29.3 Å². The van der Waals surface area contributed by atoms with Crippen molar-refractivity contribution >= 4 is 258 Å². The fraction of sp³-hybridized carbons (Fsp3) is 0. The summed E-state index contributed by atoms with van der Waals surface area (Å²) in [7, 11) is -22.5. The molecule has 4 N–H and O–H groups in total.